The van der Waals surface area contributed by atoms with E-state index in [2.05, 4.69) is 20.5 Å². The first-order chi connectivity index (χ1) is 5.81. The van der Waals surface area contributed by atoms with Gasteiger partial charge >= 0.3 is 0 Å². The second kappa shape index (κ2) is 4.22. The summed E-state index contributed by atoms with van der Waals surface area (Å²) < 4.78 is 0. The van der Waals surface area contributed by atoms with E-state index in [-0.39, 0.29) is 6.61 Å². The van der Waals surface area contributed by atoms with Gasteiger partial charge in [0, 0.05) is 7.05 Å². The molecule has 1 aromatic heterocycles. The van der Waals surface area contributed by atoms with Gasteiger partial charge < -0.3 is 10.4 Å². The number of hydrogen-bond acceptors (Lipinski definition) is 6. The minimum atomic E-state index is -0.148. The van der Waals surface area contributed by atoms with Crippen molar-refractivity contribution in [3.63, 3.8) is 0 Å². The standard InChI is InChI=1S/C6H10N4OS/c1-7-5-4(3-11)9-10-6(8-5)12-2/h11H,3H2,1-2H3,(H,7,8,10). The Kier molecular flexibility index (Phi) is 3.24. The lowest BCUT2D eigenvalue weighted by Crippen LogP contribution is -2.04. The quantitative estimate of drug-likeness (QED) is 0.654. The summed E-state index contributed by atoms with van der Waals surface area (Å²) in [6.45, 7) is -0.148. The van der Waals surface area contributed by atoms with Crippen LogP contribution in [0.3, 0.4) is 0 Å². The minimum Gasteiger partial charge on any atom is -0.390 e. The Hall–Kier alpha value is -0.880. The van der Waals surface area contributed by atoms with E-state index in [1.807, 2.05) is 6.26 Å². The zero-order chi connectivity index (χ0) is 8.97. The van der Waals surface area contributed by atoms with Crippen molar-refractivity contribution in [2.75, 3.05) is 18.6 Å². The first-order valence-electron chi connectivity index (χ1n) is 3.38. The number of nitrogens with zero attached hydrogens (tertiary/aromatic N) is 3. The fourth-order valence-electron chi connectivity index (χ4n) is 0.726. The molecule has 0 spiro atoms. The van der Waals surface area contributed by atoms with Crippen molar-refractivity contribution in [1.82, 2.24) is 15.2 Å². The van der Waals surface area contributed by atoms with E-state index in [0.29, 0.717) is 16.7 Å². The zero-order valence-corrected chi connectivity index (χ0v) is 7.72. The van der Waals surface area contributed by atoms with Crippen LogP contribution in [0.2, 0.25) is 0 Å². The Morgan fingerprint density at radius 3 is 2.75 bits per heavy atom. The monoisotopic (exact) mass is 186 g/mol. The number of aromatic nitrogens is 3. The maximum absolute atomic E-state index is 8.82. The van der Waals surface area contributed by atoms with Gasteiger partial charge in [-0.25, -0.2) is 4.98 Å². The van der Waals surface area contributed by atoms with Gasteiger partial charge in [-0.15, -0.1) is 10.2 Å². The van der Waals surface area contributed by atoms with Gasteiger partial charge in [-0.3, -0.25) is 0 Å². The molecule has 0 saturated heterocycles. The molecule has 0 saturated carbocycles. The van der Waals surface area contributed by atoms with Crippen LogP contribution >= 0.6 is 11.8 Å². The second-order valence-corrected chi connectivity index (χ2v) is 2.78. The van der Waals surface area contributed by atoms with E-state index in [9.17, 15) is 0 Å². The molecule has 0 aliphatic carbocycles. The summed E-state index contributed by atoms with van der Waals surface area (Å²) in [5, 5.41) is 19.8. The van der Waals surface area contributed by atoms with Gasteiger partial charge in [0.15, 0.2) is 5.82 Å². The molecule has 66 valence electrons. The van der Waals surface area contributed by atoms with Crippen molar-refractivity contribution < 1.29 is 5.11 Å². The van der Waals surface area contributed by atoms with Crippen LogP contribution in [0.5, 0.6) is 0 Å². The first-order valence-corrected chi connectivity index (χ1v) is 4.60. The van der Waals surface area contributed by atoms with Gasteiger partial charge in [0.1, 0.15) is 5.69 Å². The van der Waals surface area contributed by atoms with E-state index < -0.39 is 0 Å². The maximum atomic E-state index is 8.82. The van der Waals surface area contributed by atoms with Crippen LogP contribution in [-0.2, 0) is 6.61 Å². The van der Waals surface area contributed by atoms with Crippen molar-refractivity contribution in [3.05, 3.63) is 5.69 Å². The Labute approximate surface area is 74.6 Å². The molecule has 0 atom stereocenters. The van der Waals surface area contributed by atoms with Gasteiger partial charge in [0.05, 0.1) is 6.61 Å². The number of rotatable bonds is 3. The molecule has 6 heteroatoms. The molecule has 1 heterocycles. The molecule has 0 aliphatic heterocycles. The van der Waals surface area contributed by atoms with E-state index in [0.717, 1.165) is 0 Å². The van der Waals surface area contributed by atoms with Crippen molar-refractivity contribution in [2.24, 2.45) is 0 Å². The van der Waals surface area contributed by atoms with Gasteiger partial charge in [-0.2, -0.15) is 0 Å². The third-order valence-electron chi connectivity index (χ3n) is 1.31. The van der Waals surface area contributed by atoms with Gasteiger partial charge in [0.25, 0.3) is 0 Å². The smallest absolute Gasteiger partial charge is 0.210 e. The largest absolute Gasteiger partial charge is 0.390 e. The fraction of sp³-hybridized carbons (Fsp3) is 0.500. The molecule has 0 fully saturated rings. The lowest BCUT2D eigenvalue weighted by Gasteiger charge is -2.03. The highest BCUT2D eigenvalue weighted by Gasteiger charge is 2.05. The predicted octanol–water partition coefficient (Wildman–Crippen LogP) is 0.127. The number of hydrogen-bond donors (Lipinski definition) is 2. The van der Waals surface area contributed by atoms with Crippen molar-refractivity contribution in [1.29, 1.82) is 0 Å². The normalized spacial score (nSPS) is 9.92. The van der Waals surface area contributed by atoms with Crippen LogP contribution in [0.15, 0.2) is 5.16 Å². The highest BCUT2D eigenvalue weighted by Crippen LogP contribution is 2.12. The van der Waals surface area contributed by atoms with E-state index in [4.69, 9.17) is 5.11 Å². The molecule has 1 rings (SSSR count). The predicted molar refractivity (Wildman–Crippen MR) is 47.1 cm³/mol. The molecule has 5 nitrogen and oxygen atoms in total. The van der Waals surface area contributed by atoms with Crippen LogP contribution in [0.1, 0.15) is 5.69 Å². The molecule has 0 radical (unpaired) electrons. The van der Waals surface area contributed by atoms with E-state index in [1.54, 1.807) is 7.05 Å². The third kappa shape index (κ3) is 1.83. The first kappa shape index (κ1) is 9.21. The van der Waals surface area contributed by atoms with Crippen molar-refractivity contribution in [3.8, 4) is 0 Å². The van der Waals surface area contributed by atoms with Crippen LogP contribution in [0.4, 0.5) is 5.82 Å². The number of anilines is 1. The zero-order valence-electron chi connectivity index (χ0n) is 6.90. The molecular weight excluding hydrogens is 176 g/mol. The van der Waals surface area contributed by atoms with Crippen LogP contribution in [0.25, 0.3) is 0 Å². The molecule has 12 heavy (non-hydrogen) atoms. The SMILES string of the molecule is CNc1nc(SC)nnc1CO. The average Bonchev–Trinajstić information content (AvgIpc) is 2.16. The number of nitrogens with one attached hydrogen (secondary N) is 1. The number of aliphatic hydroxyl groups excluding tert-OH is 1. The van der Waals surface area contributed by atoms with Gasteiger partial charge in [0.2, 0.25) is 5.16 Å². The van der Waals surface area contributed by atoms with Crippen LogP contribution < -0.4 is 5.32 Å². The molecular formula is C6H10N4OS. The molecule has 1 aromatic rings. The molecule has 0 aromatic carbocycles. The summed E-state index contributed by atoms with van der Waals surface area (Å²) in [5.41, 5.74) is 0.468. The fourth-order valence-corrected chi connectivity index (χ4v) is 1.03. The average molecular weight is 186 g/mol. The molecule has 0 unspecified atom stereocenters. The summed E-state index contributed by atoms with van der Waals surface area (Å²) in [4.78, 5) is 4.10. The molecule has 0 bridgehead atoms. The summed E-state index contributed by atoms with van der Waals surface area (Å²) in [6, 6.07) is 0. The Bertz CT molecular complexity index is 268. The highest BCUT2D eigenvalue weighted by molar-refractivity contribution is 7.98. The molecule has 2 N–H and O–H groups in total. The lowest BCUT2D eigenvalue weighted by atomic mass is 10.4. The Balaban J connectivity index is 3.02. The summed E-state index contributed by atoms with van der Waals surface area (Å²) in [7, 11) is 1.73. The van der Waals surface area contributed by atoms with Crippen molar-refractivity contribution in [2.45, 2.75) is 11.8 Å². The van der Waals surface area contributed by atoms with E-state index in [1.165, 1.54) is 11.8 Å². The maximum Gasteiger partial charge on any atom is 0.210 e. The van der Waals surface area contributed by atoms with Gasteiger partial charge in [-0.05, 0) is 6.26 Å². The third-order valence-corrected chi connectivity index (χ3v) is 1.84. The molecule has 0 amide bonds. The summed E-state index contributed by atoms with van der Waals surface area (Å²) in [5.74, 6) is 0.580. The topological polar surface area (TPSA) is 70.9 Å². The molecule has 0 aliphatic rings. The van der Waals surface area contributed by atoms with Crippen molar-refractivity contribution >= 4 is 17.6 Å². The Morgan fingerprint density at radius 1 is 1.50 bits per heavy atom. The van der Waals surface area contributed by atoms with Crippen LogP contribution in [0, 0.1) is 0 Å². The second-order valence-electron chi connectivity index (χ2n) is 2.00. The number of aliphatic hydroxyl groups is 1. The van der Waals surface area contributed by atoms with Crippen LogP contribution in [-0.4, -0.2) is 33.6 Å². The Morgan fingerprint density at radius 2 is 2.25 bits per heavy atom. The summed E-state index contributed by atoms with van der Waals surface area (Å²) in [6.07, 6.45) is 1.87. The minimum absolute atomic E-state index is 0.148. The van der Waals surface area contributed by atoms with Gasteiger partial charge in [-0.1, -0.05) is 11.8 Å². The lowest BCUT2D eigenvalue weighted by molar-refractivity contribution is 0.275. The summed E-state index contributed by atoms with van der Waals surface area (Å²) >= 11 is 1.41. The van der Waals surface area contributed by atoms with E-state index >= 15 is 0 Å². The highest BCUT2D eigenvalue weighted by atomic mass is 32.2. The number of thioether (sulfide) groups is 1.